The topological polar surface area (TPSA) is 24.4 Å². The Labute approximate surface area is 93.8 Å². The summed E-state index contributed by atoms with van der Waals surface area (Å²) in [7, 11) is 0. The van der Waals surface area contributed by atoms with Gasteiger partial charge in [-0.2, -0.15) is 0 Å². The molecule has 0 heterocycles. The van der Waals surface area contributed by atoms with E-state index in [1.807, 2.05) is 37.4 Å². The van der Waals surface area contributed by atoms with Crippen molar-refractivity contribution in [3.05, 3.63) is 29.3 Å². The maximum Gasteiger partial charge on any atom is 0.160 e. The van der Waals surface area contributed by atoms with Gasteiger partial charge < -0.3 is 5.32 Å². The number of nitrogens with zero attached hydrogens (tertiary/aromatic N) is 1. The molecule has 0 fully saturated rings. The van der Waals surface area contributed by atoms with Crippen molar-refractivity contribution < 1.29 is 0 Å². The quantitative estimate of drug-likeness (QED) is 0.619. The van der Waals surface area contributed by atoms with Crippen LogP contribution < -0.4 is 5.32 Å². The highest BCUT2D eigenvalue weighted by Gasteiger charge is 1.96. The van der Waals surface area contributed by atoms with Crippen molar-refractivity contribution in [2.24, 2.45) is 4.99 Å². The molecular weight excluding hydrogens is 216 g/mol. The molecule has 0 amide bonds. The van der Waals surface area contributed by atoms with Crippen molar-refractivity contribution in [1.29, 1.82) is 0 Å². The average molecular weight is 229 g/mol. The van der Waals surface area contributed by atoms with Crippen molar-refractivity contribution in [1.82, 2.24) is 0 Å². The standard InChI is InChI=1S/C10H13ClN2S/c1-3-12-10(14-2)13-9-6-4-8(11)5-7-9/h4-7H,3H2,1-2H3,(H,12,13). The maximum atomic E-state index is 5.78. The van der Waals surface area contributed by atoms with Gasteiger partial charge in [-0.25, -0.2) is 0 Å². The molecule has 0 aliphatic carbocycles. The SMILES string of the molecule is CCN=C(Nc1ccc(Cl)cc1)SC. The van der Waals surface area contributed by atoms with Crippen LogP contribution in [0.4, 0.5) is 5.69 Å². The number of halogens is 1. The number of amidine groups is 1. The third kappa shape index (κ3) is 3.60. The van der Waals surface area contributed by atoms with Gasteiger partial charge in [-0.1, -0.05) is 23.4 Å². The Hall–Kier alpha value is -0.670. The van der Waals surface area contributed by atoms with Gasteiger partial charge in [0.25, 0.3) is 0 Å². The minimum Gasteiger partial charge on any atom is -0.335 e. The van der Waals surface area contributed by atoms with Crippen LogP contribution >= 0.6 is 23.4 Å². The summed E-state index contributed by atoms with van der Waals surface area (Å²) >= 11 is 7.38. The van der Waals surface area contributed by atoms with Crippen LogP contribution in [0.2, 0.25) is 5.02 Å². The van der Waals surface area contributed by atoms with Gasteiger partial charge in [-0.15, -0.1) is 0 Å². The number of hydrogen-bond donors (Lipinski definition) is 1. The molecule has 1 aromatic rings. The van der Waals surface area contributed by atoms with E-state index in [0.29, 0.717) is 0 Å². The summed E-state index contributed by atoms with van der Waals surface area (Å²) in [6.07, 6.45) is 2.00. The lowest BCUT2D eigenvalue weighted by Gasteiger charge is -2.06. The Kier molecular flexibility index (Phi) is 4.84. The summed E-state index contributed by atoms with van der Waals surface area (Å²) in [5.74, 6) is 0. The fraction of sp³-hybridized carbons (Fsp3) is 0.300. The normalized spacial score (nSPS) is 11.5. The van der Waals surface area contributed by atoms with Gasteiger partial charge in [0.1, 0.15) is 0 Å². The zero-order valence-electron chi connectivity index (χ0n) is 8.25. The zero-order chi connectivity index (χ0) is 10.4. The third-order valence-corrected chi connectivity index (χ3v) is 2.46. The number of aliphatic imine (C=N–C) groups is 1. The second-order valence-corrected chi connectivity index (χ2v) is 3.85. The molecule has 76 valence electrons. The van der Waals surface area contributed by atoms with Crippen molar-refractivity contribution in [2.45, 2.75) is 6.92 Å². The highest BCUT2D eigenvalue weighted by atomic mass is 35.5. The van der Waals surface area contributed by atoms with Crippen LogP contribution in [-0.4, -0.2) is 18.0 Å². The van der Waals surface area contributed by atoms with E-state index in [1.54, 1.807) is 11.8 Å². The minimum absolute atomic E-state index is 0.744. The van der Waals surface area contributed by atoms with E-state index >= 15 is 0 Å². The van der Waals surface area contributed by atoms with E-state index in [4.69, 9.17) is 11.6 Å². The molecule has 0 spiro atoms. The molecule has 0 aromatic heterocycles. The van der Waals surface area contributed by atoms with Crippen LogP contribution in [0, 0.1) is 0 Å². The van der Waals surface area contributed by atoms with E-state index in [9.17, 15) is 0 Å². The van der Waals surface area contributed by atoms with Crippen molar-refractivity contribution in [3.63, 3.8) is 0 Å². The summed E-state index contributed by atoms with van der Waals surface area (Å²) < 4.78 is 0. The maximum absolute atomic E-state index is 5.78. The first-order valence-corrected chi connectivity index (χ1v) is 5.97. The lowest BCUT2D eigenvalue weighted by molar-refractivity contribution is 1.14. The monoisotopic (exact) mass is 228 g/mol. The Morgan fingerprint density at radius 1 is 1.43 bits per heavy atom. The van der Waals surface area contributed by atoms with Gasteiger partial charge in [0.05, 0.1) is 0 Å². The van der Waals surface area contributed by atoms with Gasteiger partial charge >= 0.3 is 0 Å². The summed E-state index contributed by atoms with van der Waals surface area (Å²) in [6.45, 7) is 2.80. The number of thioether (sulfide) groups is 1. The summed E-state index contributed by atoms with van der Waals surface area (Å²) in [6, 6.07) is 7.58. The molecule has 0 aliphatic rings. The van der Waals surface area contributed by atoms with E-state index in [2.05, 4.69) is 10.3 Å². The van der Waals surface area contributed by atoms with Gasteiger partial charge in [-0.3, -0.25) is 4.99 Å². The first-order chi connectivity index (χ1) is 6.76. The van der Waals surface area contributed by atoms with Gasteiger partial charge in [0.2, 0.25) is 0 Å². The molecular formula is C10H13ClN2S. The Morgan fingerprint density at radius 2 is 2.07 bits per heavy atom. The molecule has 14 heavy (non-hydrogen) atoms. The molecule has 0 saturated carbocycles. The third-order valence-electron chi connectivity index (χ3n) is 1.59. The molecule has 0 bridgehead atoms. The van der Waals surface area contributed by atoms with Crippen molar-refractivity contribution in [3.8, 4) is 0 Å². The number of benzene rings is 1. The van der Waals surface area contributed by atoms with Crippen LogP contribution in [0.15, 0.2) is 29.3 Å². The largest absolute Gasteiger partial charge is 0.335 e. The van der Waals surface area contributed by atoms with Gasteiger partial charge in [0.15, 0.2) is 5.17 Å². The van der Waals surface area contributed by atoms with Gasteiger partial charge in [0, 0.05) is 17.3 Å². The van der Waals surface area contributed by atoms with Crippen LogP contribution in [0.3, 0.4) is 0 Å². The first kappa shape index (κ1) is 11.4. The minimum atomic E-state index is 0.744. The highest BCUT2D eigenvalue weighted by molar-refractivity contribution is 8.13. The lowest BCUT2D eigenvalue weighted by atomic mass is 10.3. The van der Waals surface area contributed by atoms with Crippen LogP contribution in [0.1, 0.15) is 6.92 Å². The Balaban J connectivity index is 2.67. The number of hydrogen-bond acceptors (Lipinski definition) is 2. The number of rotatable bonds is 2. The molecule has 4 heteroatoms. The number of nitrogens with one attached hydrogen (secondary N) is 1. The van der Waals surface area contributed by atoms with Gasteiger partial charge in [-0.05, 0) is 37.4 Å². The zero-order valence-corrected chi connectivity index (χ0v) is 9.82. The molecule has 0 aliphatic heterocycles. The summed E-state index contributed by atoms with van der Waals surface area (Å²) in [5, 5.41) is 4.88. The van der Waals surface area contributed by atoms with E-state index in [0.717, 1.165) is 22.4 Å². The molecule has 1 aromatic carbocycles. The van der Waals surface area contributed by atoms with Crippen LogP contribution in [-0.2, 0) is 0 Å². The Morgan fingerprint density at radius 3 is 2.57 bits per heavy atom. The van der Waals surface area contributed by atoms with E-state index in [-0.39, 0.29) is 0 Å². The number of anilines is 1. The smallest absolute Gasteiger partial charge is 0.160 e. The van der Waals surface area contributed by atoms with E-state index < -0.39 is 0 Å². The predicted octanol–water partition coefficient (Wildman–Crippen LogP) is 3.49. The highest BCUT2D eigenvalue weighted by Crippen LogP contribution is 2.14. The molecule has 0 unspecified atom stereocenters. The molecule has 1 N–H and O–H groups in total. The van der Waals surface area contributed by atoms with E-state index in [1.165, 1.54) is 0 Å². The summed E-state index contributed by atoms with van der Waals surface area (Å²) in [4.78, 5) is 4.30. The molecule has 1 rings (SSSR count). The van der Waals surface area contributed by atoms with Crippen molar-refractivity contribution >= 4 is 34.2 Å². The summed E-state index contributed by atoms with van der Waals surface area (Å²) in [5.41, 5.74) is 1.01. The average Bonchev–Trinajstić information content (AvgIpc) is 2.20. The first-order valence-electron chi connectivity index (χ1n) is 4.37. The second kappa shape index (κ2) is 5.94. The van der Waals surface area contributed by atoms with Crippen molar-refractivity contribution in [2.75, 3.05) is 18.1 Å². The fourth-order valence-corrected chi connectivity index (χ4v) is 1.56. The Bertz CT molecular complexity index is 308. The molecule has 0 saturated heterocycles. The van der Waals surface area contributed by atoms with Crippen LogP contribution in [0.5, 0.6) is 0 Å². The predicted molar refractivity (Wildman–Crippen MR) is 66.6 cm³/mol. The second-order valence-electron chi connectivity index (χ2n) is 2.62. The lowest BCUT2D eigenvalue weighted by Crippen LogP contribution is -2.07. The molecule has 0 atom stereocenters. The molecule has 2 nitrogen and oxygen atoms in total. The fourth-order valence-electron chi connectivity index (χ4n) is 0.955. The molecule has 0 radical (unpaired) electrons. The van der Waals surface area contributed by atoms with Crippen LogP contribution in [0.25, 0.3) is 0 Å².